The summed E-state index contributed by atoms with van der Waals surface area (Å²) in [5.74, 6) is -5.50. The number of benzene rings is 1. The van der Waals surface area contributed by atoms with Crippen molar-refractivity contribution in [3.05, 3.63) is 11.1 Å². The predicted octanol–water partition coefficient (Wildman–Crippen LogP) is 0.914. The van der Waals surface area contributed by atoms with E-state index in [0.29, 0.717) is 0 Å². The molecule has 0 saturated carbocycles. The van der Waals surface area contributed by atoms with E-state index < -0.39 is 51.6 Å². The number of fused-ring (bicyclic) bond motifs is 1. The zero-order valence-corrected chi connectivity index (χ0v) is 8.89. The van der Waals surface area contributed by atoms with Gasteiger partial charge in [0.2, 0.25) is 11.5 Å². The highest BCUT2D eigenvalue weighted by Gasteiger charge is 2.37. The van der Waals surface area contributed by atoms with E-state index in [1.54, 1.807) is 0 Å². The summed E-state index contributed by atoms with van der Waals surface area (Å²) < 4.78 is 0. The summed E-state index contributed by atoms with van der Waals surface area (Å²) >= 11 is 0. The third kappa shape index (κ3) is 1.33. The van der Waals surface area contributed by atoms with Crippen LogP contribution in [0.4, 0.5) is 0 Å². The molecule has 90 valence electrons. The van der Waals surface area contributed by atoms with E-state index in [1.807, 2.05) is 0 Å². The molecule has 0 radical (unpaired) electrons. The molecule has 0 spiro atoms. The SMILES string of the molecule is CC1CC(=O)c2c(O)c(O)c(O)c(O)c2C1=O. The topological polar surface area (TPSA) is 115 Å². The van der Waals surface area contributed by atoms with Crippen molar-refractivity contribution in [3.63, 3.8) is 0 Å². The minimum Gasteiger partial charge on any atom is -0.504 e. The quantitative estimate of drug-likeness (QED) is 0.394. The van der Waals surface area contributed by atoms with E-state index in [-0.39, 0.29) is 6.42 Å². The van der Waals surface area contributed by atoms with Gasteiger partial charge in [0.05, 0.1) is 11.1 Å². The molecule has 1 aromatic carbocycles. The van der Waals surface area contributed by atoms with Crippen molar-refractivity contribution in [2.24, 2.45) is 5.92 Å². The predicted molar refractivity (Wildman–Crippen MR) is 55.5 cm³/mol. The van der Waals surface area contributed by atoms with Gasteiger partial charge in [0.25, 0.3) is 0 Å². The molecule has 1 aliphatic rings. The van der Waals surface area contributed by atoms with Crippen molar-refractivity contribution in [1.29, 1.82) is 0 Å². The first-order valence-corrected chi connectivity index (χ1v) is 4.93. The number of hydrogen-bond acceptors (Lipinski definition) is 6. The zero-order valence-electron chi connectivity index (χ0n) is 8.89. The Bertz CT molecular complexity index is 546. The maximum Gasteiger partial charge on any atom is 0.205 e. The first-order valence-electron chi connectivity index (χ1n) is 4.93. The fourth-order valence-corrected chi connectivity index (χ4v) is 1.93. The van der Waals surface area contributed by atoms with Crippen molar-refractivity contribution < 1.29 is 30.0 Å². The van der Waals surface area contributed by atoms with Gasteiger partial charge in [-0.25, -0.2) is 0 Å². The third-order valence-electron chi connectivity index (χ3n) is 2.86. The molecule has 0 aromatic heterocycles. The Morgan fingerprint density at radius 2 is 1.35 bits per heavy atom. The monoisotopic (exact) mass is 238 g/mol. The van der Waals surface area contributed by atoms with Crippen LogP contribution in [0.1, 0.15) is 34.1 Å². The van der Waals surface area contributed by atoms with E-state index in [9.17, 15) is 30.0 Å². The molecule has 0 aliphatic heterocycles. The van der Waals surface area contributed by atoms with Crippen LogP contribution in [0.3, 0.4) is 0 Å². The van der Waals surface area contributed by atoms with E-state index in [2.05, 4.69) is 0 Å². The van der Waals surface area contributed by atoms with Crippen LogP contribution in [0.2, 0.25) is 0 Å². The maximum atomic E-state index is 11.8. The van der Waals surface area contributed by atoms with Gasteiger partial charge in [0, 0.05) is 12.3 Å². The minimum atomic E-state index is -1.00. The van der Waals surface area contributed by atoms with Crippen molar-refractivity contribution in [3.8, 4) is 23.0 Å². The van der Waals surface area contributed by atoms with Crippen LogP contribution in [-0.2, 0) is 0 Å². The van der Waals surface area contributed by atoms with Crippen molar-refractivity contribution in [2.45, 2.75) is 13.3 Å². The average Bonchev–Trinajstić information content (AvgIpc) is 2.28. The Hall–Kier alpha value is -2.24. The van der Waals surface area contributed by atoms with Gasteiger partial charge in [0.1, 0.15) is 0 Å². The summed E-state index contributed by atoms with van der Waals surface area (Å²) in [4.78, 5) is 23.4. The number of ketones is 2. The Kier molecular flexibility index (Phi) is 2.23. The number of rotatable bonds is 0. The normalized spacial score (nSPS) is 19.2. The zero-order chi connectivity index (χ0) is 12.9. The van der Waals surface area contributed by atoms with E-state index in [1.165, 1.54) is 6.92 Å². The average molecular weight is 238 g/mol. The number of aromatic hydroxyl groups is 4. The smallest absolute Gasteiger partial charge is 0.205 e. The fraction of sp³-hybridized carbons (Fsp3) is 0.273. The highest BCUT2D eigenvalue weighted by Crippen LogP contribution is 2.49. The molecule has 0 bridgehead atoms. The Morgan fingerprint density at radius 3 is 1.88 bits per heavy atom. The van der Waals surface area contributed by atoms with Gasteiger partial charge in [0.15, 0.2) is 23.1 Å². The van der Waals surface area contributed by atoms with Crippen LogP contribution < -0.4 is 0 Å². The number of phenolic OH excluding ortho intramolecular Hbond substituents is 4. The van der Waals surface area contributed by atoms with Gasteiger partial charge in [-0.2, -0.15) is 0 Å². The van der Waals surface area contributed by atoms with Gasteiger partial charge >= 0.3 is 0 Å². The van der Waals surface area contributed by atoms with Gasteiger partial charge in [-0.05, 0) is 0 Å². The van der Waals surface area contributed by atoms with Gasteiger partial charge in [-0.15, -0.1) is 0 Å². The van der Waals surface area contributed by atoms with Crippen LogP contribution in [0, 0.1) is 5.92 Å². The van der Waals surface area contributed by atoms with E-state index in [0.717, 1.165) is 0 Å². The second kappa shape index (κ2) is 3.38. The van der Waals surface area contributed by atoms with Crippen LogP contribution >= 0.6 is 0 Å². The highest BCUT2D eigenvalue weighted by molar-refractivity contribution is 6.18. The van der Waals surface area contributed by atoms with Crippen LogP contribution in [0.25, 0.3) is 0 Å². The van der Waals surface area contributed by atoms with E-state index >= 15 is 0 Å². The molecule has 6 heteroatoms. The molecular weight excluding hydrogens is 228 g/mol. The highest BCUT2D eigenvalue weighted by atomic mass is 16.3. The molecule has 4 N–H and O–H groups in total. The second-order valence-electron chi connectivity index (χ2n) is 4.04. The lowest BCUT2D eigenvalue weighted by molar-refractivity contribution is 0.0828. The van der Waals surface area contributed by atoms with Gasteiger partial charge < -0.3 is 20.4 Å². The summed E-state index contributed by atoms with van der Waals surface area (Å²) in [5, 5.41) is 37.7. The second-order valence-corrected chi connectivity index (χ2v) is 4.04. The van der Waals surface area contributed by atoms with Gasteiger partial charge in [-0.1, -0.05) is 6.92 Å². The largest absolute Gasteiger partial charge is 0.504 e. The summed E-state index contributed by atoms with van der Waals surface area (Å²) in [7, 11) is 0. The molecule has 1 aliphatic carbocycles. The maximum absolute atomic E-state index is 11.8. The molecule has 0 saturated heterocycles. The number of carbonyl (C=O) groups excluding carboxylic acids is 2. The summed E-state index contributed by atoms with van der Waals surface area (Å²) in [6.45, 7) is 1.50. The standard InChI is InChI=1S/C11H10O6/c1-3-2-4(12)5-6(7(3)13)9(15)11(17)10(16)8(5)14/h3,14-17H,2H2,1H3. The molecule has 2 rings (SSSR count). The number of hydrogen-bond donors (Lipinski definition) is 4. The Labute approximate surface area is 95.8 Å². The Morgan fingerprint density at radius 1 is 0.882 bits per heavy atom. The summed E-state index contributed by atoms with van der Waals surface area (Å²) in [6.07, 6.45) is -0.108. The molecule has 1 aromatic rings. The number of carbonyl (C=O) groups is 2. The Balaban J connectivity index is 2.88. The molecule has 0 fully saturated rings. The van der Waals surface area contributed by atoms with Crippen molar-refractivity contribution in [1.82, 2.24) is 0 Å². The minimum absolute atomic E-state index is 0.108. The molecule has 0 heterocycles. The van der Waals surface area contributed by atoms with Crippen LogP contribution in [0.5, 0.6) is 23.0 Å². The number of phenols is 4. The third-order valence-corrected chi connectivity index (χ3v) is 2.86. The van der Waals surface area contributed by atoms with Crippen molar-refractivity contribution in [2.75, 3.05) is 0 Å². The number of Topliss-reactive ketones (excluding diaryl/α,β-unsaturated/α-hetero) is 2. The molecular formula is C11H10O6. The lowest BCUT2D eigenvalue weighted by atomic mass is 9.81. The van der Waals surface area contributed by atoms with Crippen LogP contribution in [0.15, 0.2) is 0 Å². The first kappa shape index (κ1) is 11.3. The lowest BCUT2D eigenvalue weighted by Gasteiger charge is -2.21. The summed E-state index contributed by atoms with van der Waals surface area (Å²) in [6, 6.07) is 0. The van der Waals surface area contributed by atoms with E-state index in [4.69, 9.17) is 0 Å². The summed E-state index contributed by atoms with van der Waals surface area (Å²) in [5.41, 5.74) is -0.859. The molecule has 1 unspecified atom stereocenters. The molecule has 17 heavy (non-hydrogen) atoms. The fourth-order valence-electron chi connectivity index (χ4n) is 1.93. The molecule has 1 atom stereocenters. The molecule has 0 amide bonds. The van der Waals surface area contributed by atoms with Crippen molar-refractivity contribution >= 4 is 11.6 Å². The van der Waals surface area contributed by atoms with Gasteiger partial charge in [-0.3, -0.25) is 9.59 Å². The lowest BCUT2D eigenvalue weighted by Crippen LogP contribution is -2.25. The first-order chi connectivity index (χ1) is 7.86. The van der Waals surface area contributed by atoms with Crippen LogP contribution in [-0.4, -0.2) is 32.0 Å². The molecule has 6 nitrogen and oxygen atoms in total.